The molecule has 2 aliphatic heterocycles. The van der Waals surface area contributed by atoms with Gasteiger partial charge in [-0.3, -0.25) is 0 Å². The molecule has 0 saturated carbocycles. The van der Waals surface area contributed by atoms with Crippen LogP contribution < -0.4 is 4.90 Å². The van der Waals surface area contributed by atoms with Gasteiger partial charge in [-0.15, -0.1) is 0 Å². The highest BCUT2D eigenvalue weighted by Crippen LogP contribution is 2.62. The number of halogens is 2. The van der Waals surface area contributed by atoms with E-state index in [0.717, 1.165) is 20.1 Å². The Morgan fingerprint density at radius 2 is 1.29 bits per heavy atom. The molecule has 0 aliphatic carbocycles. The average molecular weight is 573 g/mol. The van der Waals surface area contributed by atoms with Gasteiger partial charge in [-0.25, -0.2) is 0 Å². The molecule has 2 aliphatic rings. The van der Waals surface area contributed by atoms with Crippen molar-refractivity contribution >= 4 is 70.9 Å². The van der Waals surface area contributed by atoms with Gasteiger partial charge in [0.05, 0.1) is 17.1 Å². The number of para-hydroxylation sites is 1. The standard InChI is InChI=1S/C30H23Br2NO/c1-29(2)20-13-16(31)9-11-23(20)33-24-12-10-17(32)14-21(24)30(3,4)26-27(33)22(29)15-19-18-7-5-6-8-25(18)34-28(19)26/h5-15H,1-4H3. The first kappa shape index (κ1) is 20.8. The van der Waals surface area contributed by atoms with E-state index in [1.54, 1.807) is 0 Å². The Morgan fingerprint density at radius 3 is 1.97 bits per heavy atom. The molecule has 0 amide bonds. The smallest absolute Gasteiger partial charge is 0.141 e. The molecule has 0 bridgehead atoms. The number of benzene rings is 4. The molecule has 4 aromatic carbocycles. The first-order valence-electron chi connectivity index (χ1n) is 11.6. The molecule has 0 spiro atoms. The maximum atomic E-state index is 6.63. The van der Waals surface area contributed by atoms with Crippen LogP contribution in [-0.2, 0) is 10.8 Å². The number of furan rings is 1. The van der Waals surface area contributed by atoms with Gasteiger partial charge in [0.1, 0.15) is 11.2 Å². The lowest BCUT2D eigenvalue weighted by atomic mass is 9.66. The summed E-state index contributed by atoms with van der Waals surface area (Å²) in [5.41, 5.74) is 10.5. The number of hydrogen-bond donors (Lipinski definition) is 0. The second-order valence-corrected chi connectivity index (χ2v) is 12.4. The second kappa shape index (κ2) is 6.56. The maximum absolute atomic E-state index is 6.63. The number of nitrogens with zero attached hydrogens (tertiary/aromatic N) is 1. The molecule has 0 atom stereocenters. The van der Waals surface area contributed by atoms with Crippen molar-refractivity contribution in [1.29, 1.82) is 0 Å². The van der Waals surface area contributed by atoms with Gasteiger partial charge in [0.2, 0.25) is 0 Å². The highest BCUT2D eigenvalue weighted by Gasteiger charge is 2.47. The summed E-state index contributed by atoms with van der Waals surface area (Å²) in [5, 5.41) is 2.37. The molecule has 0 fully saturated rings. The number of rotatable bonds is 0. The minimum Gasteiger partial charge on any atom is -0.456 e. The summed E-state index contributed by atoms with van der Waals surface area (Å²) >= 11 is 7.48. The molecule has 1 aromatic heterocycles. The molecular weight excluding hydrogens is 550 g/mol. The first-order valence-corrected chi connectivity index (χ1v) is 13.2. The molecule has 7 rings (SSSR count). The van der Waals surface area contributed by atoms with Gasteiger partial charge in [-0.2, -0.15) is 0 Å². The van der Waals surface area contributed by atoms with Crippen LogP contribution in [0.3, 0.4) is 0 Å². The lowest BCUT2D eigenvalue weighted by molar-refractivity contribution is 0.583. The van der Waals surface area contributed by atoms with Gasteiger partial charge in [-0.1, -0.05) is 77.8 Å². The Morgan fingerprint density at radius 1 is 0.676 bits per heavy atom. The highest BCUT2D eigenvalue weighted by molar-refractivity contribution is 9.10. The van der Waals surface area contributed by atoms with Crippen LogP contribution in [0.1, 0.15) is 49.9 Å². The van der Waals surface area contributed by atoms with Crippen LogP contribution in [-0.4, -0.2) is 0 Å². The fraction of sp³-hybridized carbons (Fsp3) is 0.200. The average Bonchev–Trinajstić information content (AvgIpc) is 3.17. The fourth-order valence-corrected chi connectivity index (χ4v) is 6.92. The van der Waals surface area contributed by atoms with E-state index < -0.39 is 0 Å². The molecule has 168 valence electrons. The Balaban J connectivity index is 1.74. The van der Waals surface area contributed by atoms with Gasteiger partial charge >= 0.3 is 0 Å². The topological polar surface area (TPSA) is 16.4 Å². The summed E-state index contributed by atoms with van der Waals surface area (Å²) in [6.07, 6.45) is 0. The SMILES string of the molecule is CC1(C)c2cc(Br)ccc2N2c3ccc(Br)cc3C(C)(C)c3c2c1cc1c3oc2ccccc21. The summed E-state index contributed by atoms with van der Waals surface area (Å²) < 4.78 is 8.83. The molecule has 2 nitrogen and oxygen atoms in total. The largest absolute Gasteiger partial charge is 0.456 e. The van der Waals surface area contributed by atoms with Crippen molar-refractivity contribution in [2.24, 2.45) is 0 Å². The Bertz CT molecular complexity index is 1680. The zero-order valence-corrected chi connectivity index (χ0v) is 22.6. The second-order valence-electron chi connectivity index (χ2n) is 10.5. The molecule has 34 heavy (non-hydrogen) atoms. The Kier molecular flexibility index (Phi) is 4.01. The van der Waals surface area contributed by atoms with Crippen molar-refractivity contribution in [2.75, 3.05) is 4.90 Å². The predicted octanol–water partition coefficient (Wildman–Crippen LogP) is 9.86. The third-order valence-electron chi connectivity index (χ3n) is 7.91. The monoisotopic (exact) mass is 571 g/mol. The van der Waals surface area contributed by atoms with E-state index in [0.29, 0.717) is 0 Å². The minimum atomic E-state index is -0.240. The molecule has 5 aromatic rings. The van der Waals surface area contributed by atoms with E-state index >= 15 is 0 Å². The summed E-state index contributed by atoms with van der Waals surface area (Å²) in [6, 6.07) is 24.2. The predicted molar refractivity (Wildman–Crippen MR) is 148 cm³/mol. The van der Waals surface area contributed by atoms with Gasteiger partial charge in [0.15, 0.2) is 0 Å². The van der Waals surface area contributed by atoms with Crippen molar-refractivity contribution < 1.29 is 4.42 Å². The van der Waals surface area contributed by atoms with Crippen LogP contribution in [0.15, 0.2) is 80.1 Å². The van der Waals surface area contributed by atoms with Gasteiger partial charge in [0, 0.05) is 36.1 Å². The molecular formula is C30H23Br2NO. The zero-order valence-electron chi connectivity index (χ0n) is 19.5. The van der Waals surface area contributed by atoms with Gasteiger partial charge in [-0.05, 0) is 65.2 Å². The Hall–Kier alpha value is -2.56. The third-order valence-corrected chi connectivity index (χ3v) is 8.90. The van der Waals surface area contributed by atoms with Crippen molar-refractivity contribution in [3.8, 4) is 0 Å². The van der Waals surface area contributed by atoms with Crippen LogP contribution in [0.2, 0.25) is 0 Å². The van der Waals surface area contributed by atoms with E-state index in [4.69, 9.17) is 4.42 Å². The van der Waals surface area contributed by atoms with Crippen LogP contribution in [0, 0.1) is 0 Å². The Labute approximate surface area is 215 Å². The van der Waals surface area contributed by atoms with Gasteiger partial charge in [0.25, 0.3) is 0 Å². The fourth-order valence-electron chi connectivity index (χ4n) is 6.20. The van der Waals surface area contributed by atoms with Crippen LogP contribution in [0.5, 0.6) is 0 Å². The van der Waals surface area contributed by atoms with Crippen molar-refractivity contribution in [2.45, 2.75) is 38.5 Å². The van der Waals surface area contributed by atoms with Crippen LogP contribution in [0.25, 0.3) is 21.9 Å². The minimum absolute atomic E-state index is 0.171. The molecule has 0 saturated heterocycles. The van der Waals surface area contributed by atoms with E-state index in [1.165, 1.54) is 50.1 Å². The quantitative estimate of drug-likeness (QED) is 0.183. The maximum Gasteiger partial charge on any atom is 0.141 e. The first-order chi connectivity index (χ1) is 16.2. The molecule has 0 N–H and O–H groups in total. The summed E-state index contributed by atoms with van der Waals surface area (Å²) in [7, 11) is 0. The number of anilines is 3. The lowest BCUT2D eigenvalue weighted by Crippen LogP contribution is -2.38. The van der Waals surface area contributed by atoms with E-state index in [-0.39, 0.29) is 10.8 Å². The number of hydrogen-bond acceptors (Lipinski definition) is 2. The molecule has 0 radical (unpaired) electrons. The molecule has 0 unspecified atom stereocenters. The lowest BCUT2D eigenvalue weighted by Gasteiger charge is -2.49. The normalized spacial score (nSPS) is 16.9. The van der Waals surface area contributed by atoms with E-state index in [2.05, 4.69) is 131 Å². The summed E-state index contributed by atoms with van der Waals surface area (Å²) in [5.74, 6) is 0. The van der Waals surface area contributed by atoms with E-state index in [9.17, 15) is 0 Å². The van der Waals surface area contributed by atoms with Crippen LogP contribution in [0.4, 0.5) is 17.1 Å². The summed E-state index contributed by atoms with van der Waals surface area (Å²) in [4.78, 5) is 2.47. The van der Waals surface area contributed by atoms with E-state index in [1.807, 2.05) is 0 Å². The highest BCUT2D eigenvalue weighted by atomic mass is 79.9. The molecule has 4 heteroatoms. The van der Waals surface area contributed by atoms with Crippen LogP contribution >= 0.6 is 31.9 Å². The zero-order chi connectivity index (χ0) is 23.6. The summed E-state index contributed by atoms with van der Waals surface area (Å²) in [6.45, 7) is 9.37. The van der Waals surface area contributed by atoms with Crippen molar-refractivity contribution in [3.05, 3.63) is 97.9 Å². The van der Waals surface area contributed by atoms with Gasteiger partial charge < -0.3 is 9.32 Å². The third kappa shape index (κ3) is 2.46. The molecule has 3 heterocycles. The number of fused-ring (bicyclic) bond motifs is 8. The van der Waals surface area contributed by atoms with Crippen molar-refractivity contribution in [1.82, 2.24) is 0 Å². The van der Waals surface area contributed by atoms with Crippen molar-refractivity contribution in [3.63, 3.8) is 0 Å².